The number of aromatic nitrogens is 3. The lowest BCUT2D eigenvalue weighted by atomic mass is 10.1. The molecule has 1 aromatic carbocycles. The molecule has 35 heavy (non-hydrogen) atoms. The number of aryl methyl sites for hydroxylation is 1. The summed E-state index contributed by atoms with van der Waals surface area (Å²) in [5.41, 5.74) is 1.74. The van der Waals surface area contributed by atoms with E-state index < -0.39 is 6.10 Å². The standard InChI is InChI=1S/C24H25Cl2N5O2S2/c1-3-31-22(14(2)33-19-10-9-15(25)11-18(19)26)29-30-24(31)34-13-21(32)28-23-17(12-27)16-7-5-4-6-8-20(16)35-23/h9-11,14H,3-8,13H2,1-2H3,(H,28,32). The Morgan fingerprint density at radius 3 is 2.86 bits per heavy atom. The second kappa shape index (κ2) is 11.7. The van der Waals surface area contributed by atoms with E-state index in [0.29, 0.717) is 43.9 Å². The number of carbonyl (C=O) groups excluding carboxylic acids is 1. The van der Waals surface area contributed by atoms with Gasteiger partial charge in [0.05, 0.1) is 16.3 Å². The first-order valence-electron chi connectivity index (χ1n) is 11.4. The first-order chi connectivity index (χ1) is 16.9. The normalized spacial score (nSPS) is 14.0. The Morgan fingerprint density at radius 1 is 1.31 bits per heavy atom. The summed E-state index contributed by atoms with van der Waals surface area (Å²) < 4.78 is 7.91. The molecule has 1 unspecified atom stereocenters. The molecule has 3 aromatic rings. The van der Waals surface area contributed by atoms with E-state index in [1.54, 1.807) is 18.2 Å². The zero-order chi connectivity index (χ0) is 24.9. The monoisotopic (exact) mass is 549 g/mol. The van der Waals surface area contributed by atoms with Crippen LogP contribution in [-0.4, -0.2) is 26.4 Å². The molecule has 2 aromatic heterocycles. The number of nitriles is 1. The van der Waals surface area contributed by atoms with Gasteiger partial charge in [-0.3, -0.25) is 4.79 Å². The Kier molecular flexibility index (Phi) is 8.60. The van der Waals surface area contributed by atoms with Crippen LogP contribution in [-0.2, 0) is 24.2 Å². The van der Waals surface area contributed by atoms with Crippen molar-refractivity contribution in [3.05, 3.63) is 50.1 Å². The van der Waals surface area contributed by atoms with Gasteiger partial charge in [-0.2, -0.15) is 5.26 Å². The van der Waals surface area contributed by atoms with Crippen LogP contribution in [0.15, 0.2) is 23.4 Å². The largest absolute Gasteiger partial charge is 0.481 e. The number of benzene rings is 1. The zero-order valence-corrected chi connectivity index (χ0v) is 22.6. The summed E-state index contributed by atoms with van der Waals surface area (Å²) >= 11 is 15.0. The highest BCUT2D eigenvalue weighted by Crippen LogP contribution is 2.37. The van der Waals surface area contributed by atoms with Crippen molar-refractivity contribution in [1.29, 1.82) is 5.26 Å². The minimum atomic E-state index is -0.413. The lowest BCUT2D eigenvalue weighted by Gasteiger charge is -2.16. The summed E-state index contributed by atoms with van der Waals surface area (Å²) in [6.45, 7) is 4.47. The van der Waals surface area contributed by atoms with E-state index in [-0.39, 0.29) is 11.7 Å². The van der Waals surface area contributed by atoms with Gasteiger partial charge in [0.25, 0.3) is 0 Å². The van der Waals surface area contributed by atoms with Crippen LogP contribution < -0.4 is 10.1 Å². The molecule has 11 heteroatoms. The van der Waals surface area contributed by atoms with Gasteiger partial charge in [0.2, 0.25) is 5.91 Å². The number of carbonyl (C=O) groups is 1. The van der Waals surface area contributed by atoms with Crippen molar-refractivity contribution in [2.24, 2.45) is 0 Å². The number of nitrogens with zero attached hydrogens (tertiary/aromatic N) is 4. The summed E-state index contributed by atoms with van der Waals surface area (Å²) in [6, 6.07) is 7.35. The molecule has 0 spiro atoms. The van der Waals surface area contributed by atoms with Gasteiger partial charge < -0.3 is 14.6 Å². The smallest absolute Gasteiger partial charge is 0.235 e. The maximum absolute atomic E-state index is 12.7. The van der Waals surface area contributed by atoms with Gasteiger partial charge in [-0.25, -0.2) is 0 Å². The Balaban J connectivity index is 1.41. The van der Waals surface area contributed by atoms with E-state index in [9.17, 15) is 10.1 Å². The Bertz CT molecular complexity index is 1270. The number of hydrogen-bond donors (Lipinski definition) is 1. The number of rotatable bonds is 8. The molecule has 0 fully saturated rings. The lowest BCUT2D eigenvalue weighted by Crippen LogP contribution is -2.15. The number of fused-ring (bicyclic) bond motifs is 1. The van der Waals surface area contributed by atoms with Crippen LogP contribution in [0.4, 0.5) is 5.00 Å². The first kappa shape index (κ1) is 25.8. The fourth-order valence-electron chi connectivity index (χ4n) is 4.06. The summed E-state index contributed by atoms with van der Waals surface area (Å²) in [5, 5.41) is 23.4. The van der Waals surface area contributed by atoms with Crippen LogP contribution in [0.1, 0.15) is 61.0 Å². The molecule has 0 bridgehead atoms. The first-order valence-corrected chi connectivity index (χ1v) is 14.0. The van der Waals surface area contributed by atoms with Gasteiger partial charge in [0.15, 0.2) is 17.1 Å². The minimum absolute atomic E-state index is 0.157. The van der Waals surface area contributed by atoms with Crippen molar-refractivity contribution in [2.75, 3.05) is 11.1 Å². The second-order valence-electron chi connectivity index (χ2n) is 8.14. The molecule has 1 N–H and O–H groups in total. The van der Waals surface area contributed by atoms with Crippen LogP contribution in [0.25, 0.3) is 0 Å². The molecule has 1 aliphatic rings. The van der Waals surface area contributed by atoms with Gasteiger partial charge in [0, 0.05) is 16.4 Å². The quantitative estimate of drug-likeness (QED) is 0.249. The van der Waals surface area contributed by atoms with Gasteiger partial charge in [-0.1, -0.05) is 41.4 Å². The molecule has 0 saturated heterocycles. The number of halogens is 2. The van der Waals surface area contributed by atoms with Gasteiger partial charge in [-0.15, -0.1) is 21.5 Å². The van der Waals surface area contributed by atoms with Gasteiger partial charge in [0.1, 0.15) is 16.8 Å². The third kappa shape index (κ3) is 5.95. The predicted molar refractivity (Wildman–Crippen MR) is 141 cm³/mol. The zero-order valence-electron chi connectivity index (χ0n) is 19.4. The third-order valence-electron chi connectivity index (χ3n) is 5.74. The molecule has 0 aliphatic heterocycles. The van der Waals surface area contributed by atoms with Crippen molar-refractivity contribution in [1.82, 2.24) is 14.8 Å². The maximum Gasteiger partial charge on any atom is 0.235 e. The summed E-state index contributed by atoms with van der Waals surface area (Å²) in [7, 11) is 0. The average Bonchev–Trinajstić information content (AvgIpc) is 3.31. The van der Waals surface area contributed by atoms with E-state index in [0.717, 1.165) is 31.2 Å². The molecule has 2 heterocycles. The van der Waals surface area contributed by atoms with Crippen LogP contribution in [0.5, 0.6) is 5.75 Å². The molecule has 1 aliphatic carbocycles. The molecule has 0 radical (unpaired) electrons. The van der Waals surface area contributed by atoms with Crippen molar-refractivity contribution >= 4 is 57.2 Å². The fraction of sp³-hybridized carbons (Fsp3) is 0.417. The van der Waals surface area contributed by atoms with E-state index >= 15 is 0 Å². The number of hydrogen-bond acceptors (Lipinski definition) is 7. The number of thioether (sulfide) groups is 1. The molecule has 1 amide bonds. The van der Waals surface area contributed by atoms with E-state index in [2.05, 4.69) is 21.6 Å². The number of ether oxygens (including phenoxy) is 1. The minimum Gasteiger partial charge on any atom is -0.481 e. The topological polar surface area (TPSA) is 92.8 Å². The predicted octanol–water partition coefficient (Wildman–Crippen LogP) is 6.68. The second-order valence-corrected chi connectivity index (χ2v) is 11.0. The highest BCUT2D eigenvalue weighted by molar-refractivity contribution is 7.99. The molecular formula is C24H25Cl2N5O2S2. The molecule has 4 rings (SSSR count). The van der Waals surface area contributed by atoms with Crippen molar-refractivity contribution in [3.63, 3.8) is 0 Å². The van der Waals surface area contributed by atoms with E-state index in [1.165, 1.54) is 34.4 Å². The van der Waals surface area contributed by atoms with Crippen LogP contribution in [0.3, 0.4) is 0 Å². The highest BCUT2D eigenvalue weighted by atomic mass is 35.5. The van der Waals surface area contributed by atoms with Crippen LogP contribution in [0.2, 0.25) is 10.0 Å². The molecule has 0 saturated carbocycles. The van der Waals surface area contributed by atoms with Crippen LogP contribution in [0, 0.1) is 11.3 Å². The summed E-state index contributed by atoms with van der Waals surface area (Å²) in [4.78, 5) is 14.0. The maximum atomic E-state index is 12.7. The van der Waals surface area contributed by atoms with E-state index in [1.807, 2.05) is 18.4 Å². The Hall–Kier alpha value is -2.25. The summed E-state index contributed by atoms with van der Waals surface area (Å²) in [5.74, 6) is 1.12. The lowest BCUT2D eigenvalue weighted by molar-refractivity contribution is -0.113. The number of amides is 1. The van der Waals surface area contributed by atoms with Gasteiger partial charge >= 0.3 is 0 Å². The Morgan fingerprint density at radius 2 is 2.11 bits per heavy atom. The fourth-order valence-corrected chi connectivity index (χ4v) is 6.58. The van der Waals surface area contributed by atoms with Gasteiger partial charge in [-0.05, 0) is 63.3 Å². The van der Waals surface area contributed by atoms with Crippen molar-refractivity contribution in [2.45, 2.75) is 63.8 Å². The molecule has 7 nitrogen and oxygen atoms in total. The third-order valence-corrected chi connectivity index (χ3v) is 8.45. The highest BCUT2D eigenvalue weighted by Gasteiger charge is 2.23. The summed E-state index contributed by atoms with van der Waals surface area (Å²) in [6.07, 6.45) is 4.86. The number of anilines is 1. The number of thiophene rings is 1. The molecular weight excluding hydrogens is 525 g/mol. The molecule has 1 atom stereocenters. The number of nitrogens with one attached hydrogen (secondary N) is 1. The van der Waals surface area contributed by atoms with Crippen LogP contribution >= 0.6 is 46.3 Å². The van der Waals surface area contributed by atoms with Crippen molar-refractivity contribution < 1.29 is 9.53 Å². The average molecular weight is 551 g/mol. The SMILES string of the molecule is CCn1c(SCC(=O)Nc2sc3c(c2C#N)CCCCC3)nnc1C(C)Oc1ccc(Cl)cc1Cl. The Labute approximate surface area is 222 Å². The van der Waals surface area contributed by atoms with E-state index in [4.69, 9.17) is 27.9 Å². The van der Waals surface area contributed by atoms with Crippen molar-refractivity contribution in [3.8, 4) is 11.8 Å². The molecule has 184 valence electrons.